The van der Waals surface area contributed by atoms with Crippen molar-refractivity contribution in [3.05, 3.63) is 23.3 Å². The van der Waals surface area contributed by atoms with E-state index in [2.05, 4.69) is 0 Å². The first kappa shape index (κ1) is 12.5. The smallest absolute Gasteiger partial charge is 0.240 e. The molecule has 1 aromatic carbocycles. The van der Waals surface area contributed by atoms with Crippen LogP contribution in [-0.2, 0) is 4.79 Å². The molecule has 0 aliphatic heterocycles. The van der Waals surface area contributed by atoms with Gasteiger partial charge < -0.3 is 15.4 Å². The van der Waals surface area contributed by atoms with Crippen molar-refractivity contribution < 1.29 is 9.53 Å². The van der Waals surface area contributed by atoms with Crippen molar-refractivity contribution in [1.82, 2.24) is 0 Å². The number of methoxy groups -OCH3 is 1. The summed E-state index contributed by atoms with van der Waals surface area (Å²) < 4.78 is 5.29. The van der Waals surface area contributed by atoms with Crippen LogP contribution in [0.1, 0.15) is 11.1 Å². The van der Waals surface area contributed by atoms with Gasteiger partial charge in [-0.2, -0.15) is 0 Å². The number of nitrogens with zero attached hydrogens (tertiary/aromatic N) is 1. The molecule has 0 unspecified atom stereocenters. The molecule has 0 bridgehead atoms. The lowest BCUT2D eigenvalue weighted by molar-refractivity contribution is -0.117. The highest BCUT2D eigenvalue weighted by Crippen LogP contribution is 2.32. The molecule has 1 rings (SSSR count). The highest BCUT2D eigenvalue weighted by molar-refractivity contribution is 5.96. The van der Waals surface area contributed by atoms with E-state index in [1.165, 1.54) is 4.90 Å². The second-order valence-corrected chi connectivity index (χ2v) is 3.79. The summed E-state index contributed by atoms with van der Waals surface area (Å²) in [6.45, 7) is 3.93. The average Bonchev–Trinajstić information content (AvgIpc) is 2.26. The summed E-state index contributed by atoms with van der Waals surface area (Å²) in [5, 5.41) is 0. The molecule has 88 valence electrons. The molecule has 0 aliphatic rings. The minimum Gasteiger partial charge on any atom is -0.495 e. The van der Waals surface area contributed by atoms with Crippen LogP contribution in [0.2, 0.25) is 0 Å². The van der Waals surface area contributed by atoms with Crippen LogP contribution in [0.5, 0.6) is 5.75 Å². The number of carbonyl (C=O) groups excluding carboxylic acids is 1. The van der Waals surface area contributed by atoms with E-state index in [0.717, 1.165) is 16.8 Å². The van der Waals surface area contributed by atoms with Gasteiger partial charge in [0.05, 0.1) is 19.3 Å². The standard InChI is InChI=1S/C12H18N2O2/c1-8-5-9(2)12(10(6-8)16-4)14(3)11(15)7-13/h5-6H,7,13H2,1-4H3. The molecule has 16 heavy (non-hydrogen) atoms. The third kappa shape index (κ3) is 2.33. The first-order chi connectivity index (χ1) is 7.51. The minimum absolute atomic E-state index is 0.00697. The van der Waals surface area contributed by atoms with Crippen LogP contribution in [0.4, 0.5) is 5.69 Å². The normalized spacial score (nSPS) is 10.1. The summed E-state index contributed by atoms with van der Waals surface area (Å²) >= 11 is 0. The number of likely N-dealkylation sites (N-methyl/N-ethyl adjacent to an activating group) is 1. The topological polar surface area (TPSA) is 55.6 Å². The summed E-state index contributed by atoms with van der Waals surface area (Å²) in [7, 11) is 3.30. The number of nitrogens with two attached hydrogens (primary N) is 1. The molecule has 0 fully saturated rings. The zero-order valence-corrected chi connectivity index (χ0v) is 10.2. The lowest BCUT2D eigenvalue weighted by Gasteiger charge is -2.22. The molecule has 0 saturated carbocycles. The third-order valence-corrected chi connectivity index (χ3v) is 2.51. The zero-order chi connectivity index (χ0) is 12.3. The van der Waals surface area contributed by atoms with E-state index in [4.69, 9.17) is 10.5 Å². The number of ether oxygens (including phenoxy) is 1. The van der Waals surface area contributed by atoms with Crippen LogP contribution in [-0.4, -0.2) is 26.6 Å². The minimum atomic E-state index is -0.134. The van der Waals surface area contributed by atoms with Crippen molar-refractivity contribution in [3.63, 3.8) is 0 Å². The SMILES string of the molecule is COc1cc(C)cc(C)c1N(C)C(=O)CN. The van der Waals surface area contributed by atoms with Crippen molar-refractivity contribution in [2.75, 3.05) is 25.6 Å². The maximum Gasteiger partial charge on any atom is 0.240 e. The molecule has 0 aliphatic carbocycles. The summed E-state index contributed by atoms with van der Waals surface area (Å²) in [4.78, 5) is 13.1. The molecule has 0 radical (unpaired) electrons. The summed E-state index contributed by atoms with van der Waals surface area (Å²) in [5.41, 5.74) is 8.24. The number of benzene rings is 1. The maximum absolute atomic E-state index is 11.6. The predicted molar refractivity (Wildman–Crippen MR) is 64.9 cm³/mol. The Morgan fingerprint density at radius 3 is 2.56 bits per heavy atom. The molecule has 0 heterocycles. The quantitative estimate of drug-likeness (QED) is 0.837. The van der Waals surface area contributed by atoms with Gasteiger partial charge in [-0.1, -0.05) is 6.07 Å². The van der Waals surface area contributed by atoms with Gasteiger partial charge in [-0.3, -0.25) is 4.79 Å². The molecule has 1 amide bonds. The Hall–Kier alpha value is -1.55. The van der Waals surface area contributed by atoms with E-state index in [0.29, 0.717) is 5.75 Å². The van der Waals surface area contributed by atoms with Crippen LogP contribution in [0.3, 0.4) is 0 Å². The first-order valence-electron chi connectivity index (χ1n) is 5.13. The van der Waals surface area contributed by atoms with Crippen LogP contribution in [0.25, 0.3) is 0 Å². The Morgan fingerprint density at radius 2 is 2.06 bits per heavy atom. The highest BCUT2D eigenvalue weighted by atomic mass is 16.5. The van der Waals surface area contributed by atoms with Crippen molar-refractivity contribution in [2.24, 2.45) is 5.73 Å². The van der Waals surface area contributed by atoms with Gasteiger partial charge in [0.15, 0.2) is 0 Å². The van der Waals surface area contributed by atoms with Crippen LogP contribution >= 0.6 is 0 Å². The van der Waals surface area contributed by atoms with Crippen molar-refractivity contribution >= 4 is 11.6 Å². The lowest BCUT2D eigenvalue weighted by Crippen LogP contribution is -2.33. The van der Waals surface area contributed by atoms with Gasteiger partial charge in [0.1, 0.15) is 5.75 Å². The molecule has 0 aromatic heterocycles. The third-order valence-electron chi connectivity index (χ3n) is 2.51. The fraction of sp³-hybridized carbons (Fsp3) is 0.417. The van der Waals surface area contributed by atoms with E-state index in [1.54, 1.807) is 14.2 Å². The fourth-order valence-corrected chi connectivity index (χ4v) is 1.77. The van der Waals surface area contributed by atoms with E-state index in [9.17, 15) is 4.79 Å². The predicted octanol–water partition coefficient (Wildman–Crippen LogP) is 1.23. The van der Waals surface area contributed by atoms with E-state index >= 15 is 0 Å². The highest BCUT2D eigenvalue weighted by Gasteiger charge is 2.16. The van der Waals surface area contributed by atoms with Crippen molar-refractivity contribution in [3.8, 4) is 5.75 Å². The van der Waals surface area contributed by atoms with Gasteiger partial charge in [0.25, 0.3) is 0 Å². The Bertz CT molecular complexity index is 402. The molecule has 2 N–H and O–H groups in total. The molecule has 0 spiro atoms. The molecule has 4 heteroatoms. The summed E-state index contributed by atoms with van der Waals surface area (Å²) in [6, 6.07) is 3.92. The Balaban J connectivity index is 3.26. The van der Waals surface area contributed by atoms with Gasteiger partial charge in [-0.15, -0.1) is 0 Å². The molecular weight excluding hydrogens is 204 g/mol. The summed E-state index contributed by atoms with van der Waals surface area (Å²) in [6.07, 6.45) is 0. The number of rotatable bonds is 3. The Morgan fingerprint density at radius 1 is 1.44 bits per heavy atom. The van der Waals surface area contributed by atoms with E-state index in [-0.39, 0.29) is 12.5 Å². The number of hydrogen-bond donors (Lipinski definition) is 1. The second kappa shape index (κ2) is 4.99. The van der Waals surface area contributed by atoms with Gasteiger partial charge >= 0.3 is 0 Å². The molecular formula is C12H18N2O2. The maximum atomic E-state index is 11.6. The van der Waals surface area contributed by atoms with Gasteiger partial charge in [-0.25, -0.2) is 0 Å². The van der Waals surface area contributed by atoms with Crippen LogP contribution in [0, 0.1) is 13.8 Å². The van der Waals surface area contributed by atoms with E-state index < -0.39 is 0 Å². The summed E-state index contributed by atoms with van der Waals surface area (Å²) in [5.74, 6) is 0.562. The number of anilines is 1. The monoisotopic (exact) mass is 222 g/mol. The second-order valence-electron chi connectivity index (χ2n) is 3.79. The fourth-order valence-electron chi connectivity index (χ4n) is 1.77. The van der Waals surface area contributed by atoms with Crippen molar-refractivity contribution in [2.45, 2.75) is 13.8 Å². The van der Waals surface area contributed by atoms with Crippen molar-refractivity contribution in [1.29, 1.82) is 0 Å². The largest absolute Gasteiger partial charge is 0.495 e. The zero-order valence-electron chi connectivity index (χ0n) is 10.2. The molecule has 0 atom stereocenters. The molecule has 1 aromatic rings. The Labute approximate surface area is 96.0 Å². The van der Waals surface area contributed by atoms with E-state index in [1.807, 2.05) is 26.0 Å². The molecule has 4 nitrogen and oxygen atoms in total. The first-order valence-corrected chi connectivity index (χ1v) is 5.13. The number of aryl methyl sites for hydroxylation is 2. The van der Waals surface area contributed by atoms with Gasteiger partial charge in [0.2, 0.25) is 5.91 Å². The Kier molecular flexibility index (Phi) is 3.90. The number of hydrogen-bond acceptors (Lipinski definition) is 3. The lowest BCUT2D eigenvalue weighted by atomic mass is 10.1. The van der Waals surface area contributed by atoms with Crippen LogP contribution < -0.4 is 15.4 Å². The number of amides is 1. The van der Waals surface area contributed by atoms with Gasteiger partial charge in [0, 0.05) is 7.05 Å². The van der Waals surface area contributed by atoms with Crippen LogP contribution in [0.15, 0.2) is 12.1 Å². The van der Waals surface area contributed by atoms with Gasteiger partial charge in [-0.05, 0) is 31.0 Å². The number of carbonyl (C=O) groups is 1. The molecule has 0 saturated heterocycles. The average molecular weight is 222 g/mol.